The standard InChI is InChI=1S/C27H28ClN7O/c1-18(36)32-24-9-8-21(15-23(24)28)33-27-31-17-20-5-4-6-22(26(20)34-27)19-7-10-25(30-16-19)29-11-14-35-12-2-3-13-35/h4-10,15-17H,2-3,11-14H2,1H3,(H,29,30)(H,32,36)(H,31,33,34). The fourth-order valence-electron chi connectivity index (χ4n) is 4.37. The molecule has 0 aliphatic carbocycles. The van der Waals surface area contributed by atoms with Crippen LogP contribution in [0, 0.1) is 0 Å². The Morgan fingerprint density at radius 2 is 1.92 bits per heavy atom. The monoisotopic (exact) mass is 501 g/mol. The lowest BCUT2D eigenvalue weighted by atomic mass is 10.0. The van der Waals surface area contributed by atoms with Crippen molar-refractivity contribution in [3.05, 3.63) is 65.9 Å². The van der Waals surface area contributed by atoms with Crippen molar-refractivity contribution in [3.63, 3.8) is 0 Å². The van der Waals surface area contributed by atoms with E-state index in [0.29, 0.717) is 16.7 Å². The summed E-state index contributed by atoms with van der Waals surface area (Å²) in [6, 6.07) is 15.4. The van der Waals surface area contributed by atoms with Crippen LogP contribution >= 0.6 is 11.6 Å². The number of para-hydroxylation sites is 1. The average Bonchev–Trinajstić information content (AvgIpc) is 3.39. The molecule has 0 atom stereocenters. The summed E-state index contributed by atoms with van der Waals surface area (Å²) in [5.74, 6) is 1.14. The lowest BCUT2D eigenvalue weighted by Crippen LogP contribution is -2.26. The summed E-state index contributed by atoms with van der Waals surface area (Å²) in [4.78, 5) is 27.6. The maximum Gasteiger partial charge on any atom is 0.227 e. The molecule has 0 spiro atoms. The molecule has 1 saturated heterocycles. The smallest absolute Gasteiger partial charge is 0.227 e. The largest absolute Gasteiger partial charge is 0.369 e. The van der Waals surface area contributed by atoms with Crippen LogP contribution in [-0.2, 0) is 4.79 Å². The van der Waals surface area contributed by atoms with Gasteiger partial charge in [-0.3, -0.25) is 4.79 Å². The third-order valence-corrected chi connectivity index (χ3v) is 6.47. The predicted molar refractivity (Wildman–Crippen MR) is 146 cm³/mol. The highest BCUT2D eigenvalue weighted by atomic mass is 35.5. The topological polar surface area (TPSA) is 95.1 Å². The number of aromatic nitrogens is 3. The predicted octanol–water partition coefficient (Wildman–Crippen LogP) is 5.55. The molecule has 1 amide bonds. The second-order valence-electron chi connectivity index (χ2n) is 8.85. The number of nitrogens with one attached hydrogen (secondary N) is 3. The molecule has 1 aliphatic rings. The zero-order valence-corrected chi connectivity index (χ0v) is 20.8. The lowest BCUT2D eigenvalue weighted by molar-refractivity contribution is -0.114. The zero-order valence-electron chi connectivity index (χ0n) is 20.1. The highest BCUT2D eigenvalue weighted by molar-refractivity contribution is 6.34. The van der Waals surface area contributed by atoms with E-state index in [9.17, 15) is 4.79 Å². The summed E-state index contributed by atoms with van der Waals surface area (Å²) < 4.78 is 0. The van der Waals surface area contributed by atoms with Crippen LogP contribution in [0.4, 0.5) is 23.1 Å². The number of hydrogen-bond donors (Lipinski definition) is 3. The van der Waals surface area contributed by atoms with Crippen LogP contribution in [0.2, 0.25) is 5.02 Å². The maximum atomic E-state index is 11.3. The number of anilines is 4. The molecule has 5 rings (SSSR count). The van der Waals surface area contributed by atoms with Gasteiger partial charge in [0.15, 0.2) is 0 Å². The Morgan fingerprint density at radius 1 is 1.06 bits per heavy atom. The highest BCUT2D eigenvalue weighted by Gasteiger charge is 2.12. The molecule has 4 aromatic rings. The minimum atomic E-state index is -0.177. The van der Waals surface area contributed by atoms with E-state index in [1.165, 1.54) is 32.9 Å². The first-order valence-electron chi connectivity index (χ1n) is 12.1. The molecule has 0 bridgehead atoms. The van der Waals surface area contributed by atoms with E-state index in [4.69, 9.17) is 16.6 Å². The Kier molecular flexibility index (Phi) is 7.25. The number of pyridine rings is 1. The first-order valence-corrected chi connectivity index (χ1v) is 12.5. The fraction of sp³-hybridized carbons (Fsp3) is 0.259. The van der Waals surface area contributed by atoms with E-state index in [2.05, 4.69) is 36.9 Å². The molecule has 2 aromatic heterocycles. The summed E-state index contributed by atoms with van der Waals surface area (Å²) >= 11 is 6.31. The number of hydrogen-bond acceptors (Lipinski definition) is 7. The van der Waals surface area contributed by atoms with Crippen LogP contribution in [0.3, 0.4) is 0 Å². The van der Waals surface area contributed by atoms with Crippen LogP contribution < -0.4 is 16.0 Å². The molecule has 2 aromatic carbocycles. The minimum absolute atomic E-state index is 0.177. The molecule has 36 heavy (non-hydrogen) atoms. The number of carbonyl (C=O) groups is 1. The van der Waals surface area contributed by atoms with Gasteiger partial charge in [-0.05, 0) is 56.3 Å². The Hall–Kier alpha value is -3.75. The van der Waals surface area contributed by atoms with Crippen molar-refractivity contribution >= 4 is 51.6 Å². The number of nitrogens with zero attached hydrogens (tertiary/aromatic N) is 4. The molecule has 9 heteroatoms. The van der Waals surface area contributed by atoms with Gasteiger partial charge < -0.3 is 20.9 Å². The number of rotatable bonds is 8. The summed E-state index contributed by atoms with van der Waals surface area (Å²) in [5.41, 5.74) is 4.06. The van der Waals surface area contributed by atoms with E-state index in [1.807, 2.05) is 36.5 Å². The molecule has 184 valence electrons. The van der Waals surface area contributed by atoms with Crippen molar-refractivity contribution in [1.82, 2.24) is 19.9 Å². The van der Waals surface area contributed by atoms with Crippen LogP contribution in [0.5, 0.6) is 0 Å². The fourth-order valence-corrected chi connectivity index (χ4v) is 4.60. The van der Waals surface area contributed by atoms with Gasteiger partial charge in [0, 0.05) is 54.6 Å². The van der Waals surface area contributed by atoms with E-state index in [-0.39, 0.29) is 5.91 Å². The Labute approximate surface area is 215 Å². The van der Waals surface area contributed by atoms with E-state index < -0.39 is 0 Å². The molecule has 0 saturated carbocycles. The van der Waals surface area contributed by atoms with Gasteiger partial charge in [0.05, 0.1) is 16.2 Å². The minimum Gasteiger partial charge on any atom is -0.369 e. The second-order valence-corrected chi connectivity index (χ2v) is 9.25. The molecule has 0 unspecified atom stereocenters. The van der Waals surface area contributed by atoms with Crippen LogP contribution in [0.1, 0.15) is 19.8 Å². The van der Waals surface area contributed by atoms with E-state index in [0.717, 1.165) is 46.6 Å². The quantitative estimate of drug-likeness (QED) is 0.291. The Balaban J connectivity index is 1.32. The molecular formula is C27H28ClN7O. The van der Waals surface area contributed by atoms with Crippen molar-refractivity contribution in [2.75, 3.05) is 42.1 Å². The van der Waals surface area contributed by atoms with Gasteiger partial charge in [-0.2, -0.15) is 0 Å². The van der Waals surface area contributed by atoms with Gasteiger partial charge in [0.1, 0.15) is 5.82 Å². The first kappa shape index (κ1) is 24.0. The van der Waals surface area contributed by atoms with Crippen molar-refractivity contribution in [2.45, 2.75) is 19.8 Å². The van der Waals surface area contributed by atoms with Crippen molar-refractivity contribution in [1.29, 1.82) is 0 Å². The van der Waals surface area contributed by atoms with Gasteiger partial charge >= 0.3 is 0 Å². The van der Waals surface area contributed by atoms with Crippen LogP contribution in [0.15, 0.2) is 60.9 Å². The summed E-state index contributed by atoms with van der Waals surface area (Å²) in [5, 5.41) is 10.7. The summed E-state index contributed by atoms with van der Waals surface area (Å²) in [7, 11) is 0. The van der Waals surface area contributed by atoms with Gasteiger partial charge in [0.2, 0.25) is 11.9 Å². The van der Waals surface area contributed by atoms with Crippen molar-refractivity contribution in [3.8, 4) is 11.1 Å². The molecule has 8 nitrogen and oxygen atoms in total. The molecule has 0 radical (unpaired) electrons. The number of fused-ring (bicyclic) bond motifs is 1. The normalized spacial score (nSPS) is 13.6. The number of carbonyl (C=O) groups excluding carboxylic acids is 1. The number of likely N-dealkylation sites (tertiary alicyclic amines) is 1. The molecule has 1 fully saturated rings. The second kappa shape index (κ2) is 10.9. The van der Waals surface area contributed by atoms with E-state index in [1.54, 1.807) is 18.3 Å². The third-order valence-electron chi connectivity index (χ3n) is 6.15. The van der Waals surface area contributed by atoms with Crippen LogP contribution in [0.25, 0.3) is 22.0 Å². The first-order chi connectivity index (χ1) is 17.5. The number of benzene rings is 2. The molecule has 1 aliphatic heterocycles. The van der Waals surface area contributed by atoms with Crippen molar-refractivity contribution < 1.29 is 4.79 Å². The van der Waals surface area contributed by atoms with Gasteiger partial charge in [0.25, 0.3) is 0 Å². The highest BCUT2D eigenvalue weighted by Crippen LogP contribution is 2.30. The molecule has 3 heterocycles. The summed E-state index contributed by atoms with van der Waals surface area (Å²) in [6.07, 6.45) is 6.28. The van der Waals surface area contributed by atoms with Crippen molar-refractivity contribution in [2.24, 2.45) is 0 Å². The summed E-state index contributed by atoms with van der Waals surface area (Å²) in [6.45, 7) is 5.77. The molecule has 3 N–H and O–H groups in total. The Morgan fingerprint density at radius 3 is 2.67 bits per heavy atom. The van der Waals surface area contributed by atoms with Gasteiger partial charge in [-0.25, -0.2) is 15.0 Å². The van der Waals surface area contributed by atoms with Crippen LogP contribution in [-0.4, -0.2) is 51.9 Å². The van der Waals surface area contributed by atoms with E-state index >= 15 is 0 Å². The number of amides is 1. The zero-order chi connectivity index (χ0) is 24.9. The SMILES string of the molecule is CC(=O)Nc1ccc(Nc2ncc3cccc(-c4ccc(NCCN5CCCC5)nc4)c3n2)cc1Cl. The average molecular weight is 502 g/mol. The molecular weight excluding hydrogens is 474 g/mol. The lowest BCUT2D eigenvalue weighted by Gasteiger charge is -2.15. The van der Waals surface area contributed by atoms with Gasteiger partial charge in [-0.15, -0.1) is 0 Å². The Bertz CT molecular complexity index is 1370. The third kappa shape index (κ3) is 5.72. The number of halogens is 1. The maximum absolute atomic E-state index is 11.3. The van der Waals surface area contributed by atoms with Gasteiger partial charge in [-0.1, -0.05) is 29.8 Å².